The molecule has 7 heteroatoms. The lowest BCUT2D eigenvalue weighted by molar-refractivity contribution is -0.121. The van der Waals surface area contributed by atoms with Crippen molar-refractivity contribution in [2.75, 3.05) is 31.0 Å². The maximum Gasteiger partial charge on any atom is 0.239 e. The Morgan fingerprint density at radius 2 is 1.78 bits per heavy atom. The first-order valence-electron chi connectivity index (χ1n) is 13.2. The molecule has 2 aromatic rings. The van der Waals surface area contributed by atoms with Crippen molar-refractivity contribution in [2.45, 2.75) is 64.5 Å². The molecule has 5 rings (SSSR count). The van der Waals surface area contributed by atoms with Crippen LogP contribution in [-0.2, 0) is 9.59 Å². The standard InChI is InChI=1S/C30H37N3O4/c1-30(2)16-22-28(24(34)17-30)29(19-13-14-25(36-3)26(15-19)37-4)33(23-12-8-7-11-21(23)32-22)18-27(35)31-20-9-5-6-10-20/h7-8,11-15,20,29,32H,5-6,9-10,16-18H2,1-4H3,(H,31,35). The maximum absolute atomic E-state index is 13.8. The lowest BCUT2D eigenvalue weighted by Crippen LogP contribution is -2.44. The Kier molecular flexibility index (Phi) is 6.88. The third kappa shape index (κ3) is 5.04. The molecule has 37 heavy (non-hydrogen) atoms. The van der Waals surface area contributed by atoms with Crippen LogP contribution in [0.15, 0.2) is 53.7 Å². The SMILES string of the molecule is COc1ccc(C2C3=C(CC(C)(C)CC3=O)Nc3ccccc3N2CC(=O)NC2CCCC2)cc1OC. The van der Waals surface area contributed by atoms with Gasteiger partial charge in [0.05, 0.1) is 38.2 Å². The summed E-state index contributed by atoms with van der Waals surface area (Å²) in [5.41, 5.74) is 4.16. The molecule has 1 aliphatic heterocycles. The van der Waals surface area contributed by atoms with Crippen LogP contribution >= 0.6 is 0 Å². The second kappa shape index (κ2) is 10.1. The average molecular weight is 504 g/mol. The van der Waals surface area contributed by atoms with Crippen LogP contribution in [0.1, 0.15) is 64.0 Å². The zero-order valence-corrected chi connectivity index (χ0v) is 22.2. The van der Waals surface area contributed by atoms with Gasteiger partial charge in [0, 0.05) is 23.7 Å². The van der Waals surface area contributed by atoms with Gasteiger partial charge in [0.15, 0.2) is 17.3 Å². The molecular weight excluding hydrogens is 466 g/mol. The van der Waals surface area contributed by atoms with Gasteiger partial charge in [-0.2, -0.15) is 0 Å². The van der Waals surface area contributed by atoms with Gasteiger partial charge in [-0.3, -0.25) is 9.59 Å². The number of rotatable bonds is 6. The Bertz CT molecular complexity index is 1230. The number of carbonyl (C=O) groups is 2. The quantitative estimate of drug-likeness (QED) is 0.551. The van der Waals surface area contributed by atoms with E-state index in [0.717, 1.165) is 60.3 Å². The number of anilines is 2. The van der Waals surface area contributed by atoms with Gasteiger partial charge in [0.1, 0.15) is 0 Å². The highest BCUT2D eigenvalue weighted by atomic mass is 16.5. The van der Waals surface area contributed by atoms with E-state index in [1.165, 1.54) is 0 Å². The Labute approximate surface area is 219 Å². The van der Waals surface area contributed by atoms with Crippen LogP contribution in [0.4, 0.5) is 11.4 Å². The topological polar surface area (TPSA) is 79.9 Å². The second-order valence-corrected chi connectivity index (χ2v) is 11.2. The molecule has 1 fully saturated rings. The largest absolute Gasteiger partial charge is 0.493 e. The van der Waals surface area contributed by atoms with Crippen molar-refractivity contribution >= 4 is 23.1 Å². The highest BCUT2D eigenvalue weighted by Crippen LogP contribution is 2.49. The molecule has 1 saturated carbocycles. The molecule has 7 nitrogen and oxygen atoms in total. The summed E-state index contributed by atoms with van der Waals surface area (Å²) in [6, 6.07) is 13.5. The number of para-hydroxylation sites is 2. The first kappa shape index (κ1) is 25.2. The normalized spacial score (nSPS) is 21.0. The molecule has 1 heterocycles. The van der Waals surface area contributed by atoms with E-state index in [2.05, 4.69) is 29.4 Å². The number of carbonyl (C=O) groups excluding carboxylic acids is 2. The van der Waals surface area contributed by atoms with E-state index >= 15 is 0 Å². The van der Waals surface area contributed by atoms with Gasteiger partial charge in [0.2, 0.25) is 5.91 Å². The Hall–Kier alpha value is -3.48. The lowest BCUT2D eigenvalue weighted by atomic mass is 9.73. The Morgan fingerprint density at radius 1 is 1.05 bits per heavy atom. The van der Waals surface area contributed by atoms with Crippen LogP contribution in [-0.4, -0.2) is 38.5 Å². The van der Waals surface area contributed by atoms with Crippen LogP contribution in [0.25, 0.3) is 0 Å². The third-order valence-corrected chi connectivity index (χ3v) is 7.76. The molecular formula is C30H37N3O4. The van der Waals surface area contributed by atoms with E-state index in [9.17, 15) is 9.59 Å². The molecule has 0 bridgehead atoms. The maximum atomic E-state index is 13.8. The van der Waals surface area contributed by atoms with Gasteiger partial charge in [-0.1, -0.05) is 44.9 Å². The molecule has 2 aliphatic carbocycles. The number of benzene rings is 2. The fraction of sp³-hybridized carbons (Fsp3) is 0.467. The first-order valence-corrected chi connectivity index (χ1v) is 13.2. The van der Waals surface area contributed by atoms with E-state index in [1.54, 1.807) is 14.2 Å². The van der Waals surface area contributed by atoms with Crippen molar-refractivity contribution in [3.05, 3.63) is 59.3 Å². The predicted molar refractivity (Wildman–Crippen MR) is 145 cm³/mol. The third-order valence-electron chi connectivity index (χ3n) is 7.76. The smallest absolute Gasteiger partial charge is 0.239 e. The summed E-state index contributed by atoms with van der Waals surface area (Å²) in [7, 11) is 3.22. The molecule has 1 atom stereocenters. The summed E-state index contributed by atoms with van der Waals surface area (Å²) in [6.45, 7) is 4.40. The number of ketones is 1. The summed E-state index contributed by atoms with van der Waals surface area (Å²) in [4.78, 5) is 29.3. The molecule has 0 spiro atoms. The molecule has 0 aromatic heterocycles. The van der Waals surface area contributed by atoms with E-state index in [1.807, 2.05) is 42.5 Å². The molecule has 196 valence electrons. The summed E-state index contributed by atoms with van der Waals surface area (Å²) in [5.74, 6) is 1.29. The Morgan fingerprint density at radius 3 is 2.51 bits per heavy atom. The number of nitrogens with one attached hydrogen (secondary N) is 2. The second-order valence-electron chi connectivity index (χ2n) is 11.2. The number of allylic oxidation sites excluding steroid dienone is 1. The number of methoxy groups -OCH3 is 2. The molecule has 0 saturated heterocycles. The first-order chi connectivity index (χ1) is 17.8. The number of amides is 1. The van der Waals surface area contributed by atoms with Gasteiger partial charge in [-0.05, 0) is 54.5 Å². The van der Waals surface area contributed by atoms with Crippen LogP contribution in [0.2, 0.25) is 0 Å². The van der Waals surface area contributed by atoms with Crippen LogP contribution in [0.5, 0.6) is 11.5 Å². The molecule has 1 amide bonds. The summed E-state index contributed by atoms with van der Waals surface area (Å²) in [6.07, 6.45) is 5.54. The van der Waals surface area contributed by atoms with Gasteiger partial charge in [-0.15, -0.1) is 0 Å². The van der Waals surface area contributed by atoms with Crippen molar-refractivity contribution in [2.24, 2.45) is 5.41 Å². The Balaban J connectivity index is 1.66. The zero-order valence-electron chi connectivity index (χ0n) is 22.2. The summed E-state index contributed by atoms with van der Waals surface area (Å²) < 4.78 is 11.1. The minimum atomic E-state index is -0.455. The van der Waals surface area contributed by atoms with Gasteiger partial charge in [-0.25, -0.2) is 0 Å². The molecule has 0 radical (unpaired) electrons. The van der Waals surface area contributed by atoms with Crippen LogP contribution in [0.3, 0.4) is 0 Å². The number of nitrogens with zero attached hydrogens (tertiary/aromatic N) is 1. The van der Waals surface area contributed by atoms with Crippen LogP contribution in [0, 0.1) is 5.41 Å². The molecule has 2 N–H and O–H groups in total. The minimum absolute atomic E-state index is 0.0279. The van der Waals surface area contributed by atoms with Crippen molar-refractivity contribution in [1.82, 2.24) is 5.32 Å². The highest BCUT2D eigenvalue weighted by Gasteiger charge is 2.42. The number of fused-ring (bicyclic) bond motifs is 1. The van der Waals surface area contributed by atoms with Crippen molar-refractivity contribution < 1.29 is 19.1 Å². The average Bonchev–Trinajstić information content (AvgIpc) is 3.33. The number of ether oxygens (including phenoxy) is 2. The lowest BCUT2D eigenvalue weighted by Gasteiger charge is -2.38. The number of Topliss-reactive ketones (excluding diaryl/α,β-unsaturated/α-hetero) is 1. The van der Waals surface area contributed by atoms with Crippen molar-refractivity contribution in [3.63, 3.8) is 0 Å². The van der Waals surface area contributed by atoms with E-state index in [0.29, 0.717) is 17.9 Å². The number of hydrogen-bond acceptors (Lipinski definition) is 6. The molecule has 2 aromatic carbocycles. The molecule has 1 unspecified atom stereocenters. The van der Waals surface area contributed by atoms with E-state index in [-0.39, 0.29) is 29.7 Å². The monoisotopic (exact) mass is 503 g/mol. The van der Waals surface area contributed by atoms with Gasteiger partial charge >= 0.3 is 0 Å². The fourth-order valence-corrected chi connectivity index (χ4v) is 6.09. The van der Waals surface area contributed by atoms with Gasteiger partial charge < -0.3 is 25.0 Å². The predicted octanol–water partition coefficient (Wildman–Crippen LogP) is 5.38. The van der Waals surface area contributed by atoms with Crippen molar-refractivity contribution in [1.29, 1.82) is 0 Å². The van der Waals surface area contributed by atoms with E-state index < -0.39 is 6.04 Å². The fourth-order valence-electron chi connectivity index (χ4n) is 6.09. The highest BCUT2D eigenvalue weighted by molar-refractivity contribution is 6.02. The van der Waals surface area contributed by atoms with E-state index in [4.69, 9.17) is 9.47 Å². The summed E-state index contributed by atoms with van der Waals surface area (Å²) in [5, 5.41) is 6.84. The van der Waals surface area contributed by atoms with Gasteiger partial charge in [0.25, 0.3) is 0 Å². The van der Waals surface area contributed by atoms with Crippen molar-refractivity contribution in [3.8, 4) is 11.5 Å². The summed E-state index contributed by atoms with van der Waals surface area (Å²) >= 11 is 0. The minimum Gasteiger partial charge on any atom is -0.493 e. The zero-order chi connectivity index (χ0) is 26.2. The molecule has 3 aliphatic rings. The van der Waals surface area contributed by atoms with Crippen LogP contribution < -0.4 is 25.0 Å². The number of hydrogen-bond donors (Lipinski definition) is 2.